The summed E-state index contributed by atoms with van der Waals surface area (Å²) in [4.78, 5) is 6.80. The Balaban J connectivity index is 1.37. The first-order chi connectivity index (χ1) is 14.6. The summed E-state index contributed by atoms with van der Waals surface area (Å²) in [5.41, 5.74) is 1.18. The van der Waals surface area contributed by atoms with Crippen molar-refractivity contribution in [3.05, 3.63) is 42.0 Å². The number of benzene rings is 1. The van der Waals surface area contributed by atoms with E-state index in [0.717, 1.165) is 56.8 Å². The van der Waals surface area contributed by atoms with Gasteiger partial charge in [-0.2, -0.15) is 0 Å². The summed E-state index contributed by atoms with van der Waals surface area (Å²) in [6.07, 6.45) is 11.7. The number of ether oxygens (including phenoxy) is 1. The Kier molecular flexibility index (Phi) is 3.40. The van der Waals surface area contributed by atoms with E-state index in [9.17, 15) is 10.2 Å². The molecule has 2 saturated carbocycles. The van der Waals surface area contributed by atoms with Crippen LogP contribution in [0.5, 0.6) is 11.5 Å². The molecule has 2 aromatic rings. The van der Waals surface area contributed by atoms with Crippen LogP contribution in [0.25, 0.3) is 0 Å². The Hall–Kier alpha value is -2.05. The topological polar surface area (TPSA) is 70.8 Å². The van der Waals surface area contributed by atoms with Crippen molar-refractivity contribution in [2.75, 3.05) is 13.1 Å². The molecule has 3 aliphatic carbocycles. The number of aromatic nitrogens is 2. The smallest absolute Gasteiger partial charge is 0.165 e. The van der Waals surface area contributed by atoms with Crippen molar-refractivity contribution >= 4 is 0 Å². The van der Waals surface area contributed by atoms with Crippen LogP contribution < -0.4 is 4.74 Å². The van der Waals surface area contributed by atoms with Crippen molar-refractivity contribution in [2.24, 2.45) is 11.8 Å². The highest BCUT2D eigenvalue weighted by Crippen LogP contribution is 2.66. The molecule has 158 valence electrons. The van der Waals surface area contributed by atoms with E-state index in [-0.39, 0.29) is 23.8 Å². The summed E-state index contributed by atoms with van der Waals surface area (Å²) in [6.45, 7) is 2.96. The Morgan fingerprint density at radius 3 is 2.87 bits per heavy atom. The molecule has 5 aliphatic rings. The fraction of sp³-hybridized carbons (Fsp3) is 0.625. The highest BCUT2D eigenvalue weighted by Gasteiger charge is 2.72. The van der Waals surface area contributed by atoms with Gasteiger partial charge in [0.25, 0.3) is 0 Å². The molecule has 2 unspecified atom stereocenters. The lowest BCUT2D eigenvalue weighted by molar-refractivity contribution is -0.199. The summed E-state index contributed by atoms with van der Waals surface area (Å²) in [7, 11) is 0. The second kappa shape index (κ2) is 5.80. The second-order valence-electron chi connectivity index (χ2n) is 10.3. The minimum absolute atomic E-state index is 0.105. The molecule has 2 bridgehead atoms. The average molecular weight is 408 g/mol. The molecule has 7 rings (SSSR count). The maximum absolute atomic E-state index is 12.4. The van der Waals surface area contributed by atoms with E-state index in [4.69, 9.17) is 4.74 Å². The quantitative estimate of drug-likeness (QED) is 0.815. The van der Waals surface area contributed by atoms with Crippen molar-refractivity contribution in [1.29, 1.82) is 0 Å². The van der Waals surface area contributed by atoms with Gasteiger partial charge in [0.2, 0.25) is 0 Å². The Bertz CT molecular complexity index is 1000. The molecule has 6 nitrogen and oxygen atoms in total. The van der Waals surface area contributed by atoms with Crippen molar-refractivity contribution in [1.82, 2.24) is 14.5 Å². The number of aromatic hydroxyl groups is 1. The zero-order chi connectivity index (χ0) is 20.1. The average Bonchev–Trinajstić information content (AvgIpc) is 3.25. The molecule has 6 heteroatoms. The third-order valence-electron chi connectivity index (χ3n) is 8.89. The summed E-state index contributed by atoms with van der Waals surface area (Å²) >= 11 is 0. The van der Waals surface area contributed by atoms with E-state index in [2.05, 4.69) is 20.5 Å². The van der Waals surface area contributed by atoms with Crippen molar-refractivity contribution in [2.45, 2.75) is 68.2 Å². The number of hydrogen-bond donors (Lipinski definition) is 2. The second-order valence-corrected chi connectivity index (χ2v) is 10.3. The maximum Gasteiger partial charge on any atom is 0.165 e. The number of phenols is 1. The van der Waals surface area contributed by atoms with Crippen LogP contribution >= 0.6 is 0 Å². The number of phenolic OH excluding ortho intramolecular Hbond substituents is 1. The van der Waals surface area contributed by atoms with E-state index in [0.29, 0.717) is 5.75 Å². The molecule has 1 aromatic heterocycles. The fourth-order valence-corrected chi connectivity index (χ4v) is 7.44. The number of rotatable bonds is 4. The monoisotopic (exact) mass is 407 g/mol. The van der Waals surface area contributed by atoms with Gasteiger partial charge in [-0.15, -0.1) is 0 Å². The van der Waals surface area contributed by atoms with E-state index >= 15 is 0 Å². The van der Waals surface area contributed by atoms with Crippen LogP contribution in [0, 0.1) is 11.8 Å². The van der Waals surface area contributed by atoms with E-state index in [1.54, 1.807) is 6.07 Å². The van der Waals surface area contributed by atoms with Crippen LogP contribution in [0.1, 0.15) is 43.2 Å². The Morgan fingerprint density at radius 1 is 1.17 bits per heavy atom. The predicted octanol–water partition coefficient (Wildman–Crippen LogP) is 2.47. The number of hydrogen-bond acceptors (Lipinski definition) is 5. The molecular weight excluding hydrogens is 378 g/mol. The van der Waals surface area contributed by atoms with E-state index in [1.165, 1.54) is 18.4 Å². The van der Waals surface area contributed by atoms with Crippen LogP contribution in [0.15, 0.2) is 30.9 Å². The minimum Gasteiger partial charge on any atom is -0.504 e. The lowest BCUT2D eigenvalue weighted by Crippen LogP contribution is -2.76. The number of nitrogens with zero attached hydrogens (tertiary/aromatic N) is 3. The Labute approximate surface area is 176 Å². The van der Waals surface area contributed by atoms with Gasteiger partial charge in [0.15, 0.2) is 11.5 Å². The van der Waals surface area contributed by atoms with Crippen LogP contribution in [-0.2, 0) is 18.4 Å². The number of imidazole rings is 1. The first-order valence-electron chi connectivity index (χ1n) is 11.5. The van der Waals surface area contributed by atoms with Gasteiger partial charge in [0, 0.05) is 43.0 Å². The lowest BCUT2D eigenvalue weighted by atomic mass is 9.47. The van der Waals surface area contributed by atoms with E-state index < -0.39 is 11.0 Å². The Morgan fingerprint density at radius 2 is 2.07 bits per heavy atom. The molecule has 5 atom stereocenters. The van der Waals surface area contributed by atoms with Crippen LogP contribution in [-0.4, -0.2) is 55.5 Å². The van der Waals surface area contributed by atoms with Gasteiger partial charge in [-0.1, -0.05) is 6.07 Å². The first kappa shape index (κ1) is 17.6. The highest BCUT2D eigenvalue weighted by atomic mass is 16.5. The summed E-state index contributed by atoms with van der Waals surface area (Å²) in [5.74, 6) is 1.96. The summed E-state index contributed by atoms with van der Waals surface area (Å²) in [6, 6.07) is 4.02. The SMILES string of the molecule is Oc1ccc2c3c1OC1C(Cn4ccnc4)CC[C@@]4(O)[C@@H](C2)N(CC2CC2)CC[C@]314. The molecule has 3 fully saturated rings. The van der Waals surface area contributed by atoms with Crippen LogP contribution in [0.2, 0.25) is 0 Å². The van der Waals surface area contributed by atoms with Gasteiger partial charge in [-0.3, -0.25) is 4.90 Å². The molecule has 2 aliphatic heterocycles. The van der Waals surface area contributed by atoms with Crippen LogP contribution in [0.4, 0.5) is 0 Å². The fourth-order valence-electron chi connectivity index (χ4n) is 7.44. The number of piperidine rings is 1. The van der Waals surface area contributed by atoms with Crippen molar-refractivity contribution in [3.8, 4) is 11.5 Å². The van der Waals surface area contributed by atoms with E-state index in [1.807, 2.05) is 18.7 Å². The molecule has 3 heterocycles. The van der Waals surface area contributed by atoms with Gasteiger partial charge in [-0.25, -0.2) is 4.98 Å². The standard InChI is InChI=1S/C24H29N3O3/c28-18-4-3-16-11-19-24(29)6-5-17(13-26-10-8-25-14-26)22-23(24,20(16)21(18)30-22)7-9-27(19)12-15-1-2-15/h3-4,8,10,14-15,17,19,22,28-29H,1-2,5-7,9,11-13H2/t17?,19-,22?,23+,24-/m1/s1. The molecule has 30 heavy (non-hydrogen) atoms. The zero-order valence-electron chi connectivity index (χ0n) is 17.2. The number of aliphatic hydroxyl groups is 1. The third kappa shape index (κ3) is 2.09. The van der Waals surface area contributed by atoms with Gasteiger partial charge in [0.05, 0.1) is 17.3 Å². The first-order valence-corrected chi connectivity index (χ1v) is 11.5. The van der Waals surface area contributed by atoms with Crippen LogP contribution in [0.3, 0.4) is 0 Å². The van der Waals surface area contributed by atoms with Gasteiger partial charge in [-0.05, 0) is 62.6 Å². The molecular formula is C24H29N3O3. The van der Waals surface area contributed by atoms with Gasteiger partial charge >= 0.3 is 0 Å². The molecule has 2 N–H and O–H groups in total. The van der Waals surface area contributed by atoms with Crippen molar-refractivity contribution in [3.63, 3.8) is 0 Å². The molecule has 0 amide bonds. The largest absolute Gasteiger partial charge is 0.504 e. The van der Waals surface area contributed by atoms with Crippen molar-refractivity contribution < 1.29 is 14.9 Å². The normalized spacial score (nSPS) is 38.9. The predicted molar refractivity (Wildman–Crippen MR) is 111 cm³/mol. The third-order valence-corrected chi connectivity index (χ3v) is 8.89. The molecule has 1 saturated heterocycles. The number of likely N-dealkylation sites (tertiary alicyclic amines) is 1. The summed E-state index contributed by atoms with van der Waals surface area (Å²) in [5, 5.41) is 23.1. The summed E-state index contributed by atoms with van der Waals surface area (Å²) < 4.78 is 8.73. The molecule has 1 spiro atoms. The zero-order valence-corrected chi connectivity index (χ0v) is 17.2. The van der Waals surface area contributed by atoms with Gasteiger partial charge < -0.3 is 19.5 Å². The maximum atomic E-state index is 12.4. The van der Waals surface area contributed by atoms with Gasteiger partial charge in [0.1, 0.15) is 6.10 Å². The highest BCUT2D eigenvalue weighted by molar-refractivity contribution is 5.62. The molecule has 0 radical (unpaired) electrons. The minimum atomic E-state index is -0.789. The molecule has 1 aromatic carbocycles. The lowest BCUT2D eigenvalue weighted by Gasteiger charge is -2.64.